The highest BCUT2D eigenvalue weighted by atomic mass is 35.5. The van der Waals surface area contributed by atoms with Crippen LogP contribution in [0.4, 0.5) is 0 Å². The Kier molecular flexibility index (Phi) is 6.61. The molecular weight excluding hydrogens is 395 g/mol. The Morgan fingerprint density at radius 2 is 1.82 bits per heavy atom. The number of carbonyl (C=O) groups is 1. The molecule has 0 fully saturated rings. The maximum atomic E-state index is 12.3. The molecule has 0 saturated carbocycles. The molecule has 0 saturated heterocycles. The Balaban J connectivity index is 1.59. The first kappa shape index (κ1) is 20.2. The van der Waals surface area contributed by atoms with Crippen molar-refractivity contribution in [1.82, 2.24) is 0 Å². The average molecular weight is 415 g/mol. The fraction of sp³-hybridized carbons (Fsp3) is 0.174. The molecule has 0 radical (unpaired) electrons. The van der Waals surface area contributed by atoms with Crippen LogP contribution >= 0.6 is 23.2 Å². The zero-order valence-corrected chi connectivity index (χ0v) is 17.1. The van der Waals surface area contributed by atoms with Gasteiger partial charge in [-0.3, -0.25) is 4.79 Å². The van der Waals surface area contributed by atoms with Gasteiger partial charge in [0.15, 0.2) is 5.78 Å². The summed E-state index contributed by atoms with van der Waals surface area (Å²) < 4.78 is 11.4. The van der Waals surface area contributed by atoms with Gasteiger partial charge in [0.2, 0.25) is 0 Å². The van der Waals surface area contributed by atoms with Crippen molar-refractivity contribution in [2.45, 2.75) is 26.4 Å². The van der Waals surface area contributed by atoms with Crippen LogP contribution < -0.4 is 4.74 Å². The van der Waals surface area contributed by atoms with Gasteiger partial charge in [0.1, 0.15) is 23.9 Å². The van der Waals surface area contributed by atoms with Crippen LogP contribution in [0.1, 0.15) is 47.2 Å². The summed E-state index contributed by atoms with van der Waals surface area (Å²) in [5, 5.41) is 0.805. The molecule has 0 aliphatic rings. The normalized spacial score (nSPS) is 11.3. The predicted octanol–water partition coefficient (Wildman–Crippen LogP) is 7.18. The number of hydrogen-bond donors (Lipinski definition) is 0. The van der Waals surface area contributed by atoms with Crippen LogP contribution in [0.25, 0.3) is 6.08 Å². The standard InChI is InChI=1S/C23H20Cl2O3/c1-15(2)16-3-6-18(7-4-16)27-14-20-9-8-19(28-20)10-12-23(26)21-11-5-17(24)13-22(21)25/h3-13,15H,14H2,1-2H3/b12-10+. The highest BCUT2D eigenvalue weighted by Gasteiger charge is 2.08. The maximum absolute atomic E-state index is 12.3. The smallest absolute Gasteiger partial charge is 0.187 e. The number of ketones is 1. The Labute approximate surface area is 174 Å². The first-order valence-corrected chi connectivity index (χ1v) is 9.67. The molecule has 5 heteroatoms. The molecule has 0 amide bonds. The van der Waals surface area contributed by atoms with E-state index < -0.39 is 0 Å². The van der Waals surface area contributed by atoms with Crippen LogP contribution in [0, 0.1) is 0 Å². The fourth-order valence-electron chi connectivity index (χ4n) is 2.60. The van der Waals surface area contributed by atoms with Gasteiger partial charge in [0.05, 0.1) is 5.02 Å². The molecule has 3 nitrogen and oxygen atoms in total. The Hall–Kier alpha value is -2.49. The molecule has 0 spiro atoms. The molecular formula is C23H20Cl2O3. The second-order valence-corrected chi connectivity index (χ2v) is 7.48. The molecule has 1 heterocycles. The van der Waals surface area contributed by atoms with Crippen LogP contribution in [-0.2, 0) is 6.61 Å². The van der Waals surface area contributed by atoms with Crippen LogP contribution in [0.15, 0.2) is 65.1 Å². The number of furan rings is 1. The van der Waals surface area contributed by atoms with Crippen molar-refractivity contribution in [3.05, 3.63) is 93.4 Å². The number of ether oxygens (including phenoxy) is 1. The molecule has 0 aliphatic carbocycles. The van der Waals surface area contributed by atoms with E-state index in [1.165, 1.54) is 11.6 Å². The van der Waals surface area contributed by atoms with Crippen molar-refractivity contribution in [1.29, 1.82) is 0 Å². The number of carbonyl (C=O) groups excluding carboxylic acids is 1. The lowest BCUT2D eigenvalue weighted by molar-refractivity contribution is 0.104. The molecule has 0 atom stereocenters. The first-order chi connectivity index (χ1) is 13.4. The average Bonchev–Trinajstić information content (AvgIpc) is 3.12. The van der Waals surface area contributed by atoms with E-state index in [9.17, 15) is 4.79 Å². The Morgan fingerprint density at radius 3 is 2.50 bits per heavy atom. The molecule has 0 unspecified atom stereocenters. The number of hydrogen-bond acceptors (Lipinski definition) is 3. The Morgan fingerprint density at radius 1 is 1.07 bits per heavy atom. The second kappa shape index (κ2) is 9.13. The van der Waals surface area contributed by atoms with Crippen molar-refractivity contribution in [3.8, 4) is 5.75 Å². The topological polar surface area (TPSA) is 39.4 Å². The van der Waals surface area contributed by atoms with Gasteiger partial charge in [-0.2, -0.15) is 0 Å². The molecule has 3 rings (SSSR count). The van der Waals surface area contributed by atoms with Crippen LogP contribution in [0.5, 0.6) is 5.75 Å². The third-order valence-electron chi connectivity index (χ3n) is 4.21. The summed E-state index contributed by atoms with van der Waals surface area (Å²) in [7, 11) is 0. The summed E-state index contributed by atoms with van der Waals surface area (Å²) in [5.74, 6) is 2.28. The van der Waals surface area contributed by atoms with E-state index in [1.807, 2.05) is 18.2 Å². The quantitative estimate of drug-likeness (QED) is 0.303. The summed E-state index contributed by atoms with van der Waals surface area (Å²) in [6.45, 7) is 4.62. The molecule has 0 bridgehead atoms. The van der Waals surface area contributed by atoms with Crippen LogP contribution in [0.2, 0.25) is 10.0 Å². The maximum Gasteiger partial charge on any atom is 0.187 e. The Bertz CT molecular complexity index is 985. The van der Waals surface area contributed by atoms with Gasteiger partial charge in [0, 0.05) is 10.6 Å². The largest absolute Gasteiger partial charge is 0.486 e. The third-order valence-corrected chi connectivity index (χ3v) is 4.75. The van der Waals surface area contributed by atoms with E-state index >= 15 is 0 Å². The number of benzene rings is 2. The van der Waals surface area contributed by atoms with Crippen molar-refractivity contribution in [2.75, 3.05) is 0 Å². The zero-order valence-electron chi connectivity index (χ0n) is 15.6. The lowest BCUT2D eigenvalue weighted by Gasteiger charge is -2.07. The summed E-state index contributed by atoms with van der Waals surface area (Å²) in [6.07, 6.45) is 3.03. The monoisotopic (exact) mass is 414 g/mol. The lowest BCUT2D eigenvalue weighted by Crippen LogP contribution is -1.95. The zero-order chi connectivity index (χ0) is 20.1. The van der Waals surface area contributed by atoms with Gasteiger partial charge < -0.3 is 9.15 Å². The van der Waals surface area contributed by atoms with E-state index in [2.05, 4.69) is 26.0 Å². The highest BCUT2D eigenvalue weighted by molar-refractivity contribution is 6.37. The van der Waals surface area contributed by atoms with Crippen molar-refractivity contribution < 1.29 is 13.9 Å². The van der Waals surface area contributed by atoms with Gasteiger partial charge in [0.25, 0.3) is 0 Å². The van der Waals surface area contributed by atoms with Gasteiger partial charge in [-0.25, -0.2) is 0 Å². The number of allylic oxidation sites excluding steroid dienone is 1. The van der Waals surface area contributed by atoms with Crippen molar-refractivity contribution in [2.24, 2.45) is 0 Å². The fourth-order valence-corrected chi connectivity index (χ4v) is 3.10. The molecule has 3 aromatic rings. The van der Waals surface area contributed by atoms with Crippen LogP contribution in [-0.4, -0.2) is 5.78 Å². The van der Waals surface area contributed by atoms with Crippen molar-refractivity contribution >= 4 is 35.1 Å². The highest BCUT2D eigenvalue weighted by Crippen LogP contribution is 2.23. The summed E-state index contributed by atoms with van der Waals surface area (Å²) in [6, 6.07) is 16.4. The molecule has 0 N–H and O–H groups in total. The van der Waals surface area contributed by atoms with Gasteiger partial charge in [-0.05, 0) is 66.1 Å². The number of rotatable bonds is 7. The minimum absolute atomic E-state index is 0.221. The van der Waals surface area contributed by atoms with Crippen LogP contribution in [0.3, 0.4) is 0 Å². The summed E-state index contributed by atoms with van der Waals surface area (Å²) >= 11 is 11.9. The first-order valence-electron chi connectivity index (χ1n) is 8.91. The number of halogens is 2. The van der Waals surface area contributed by atoms with Gasteiger partial charge in [-0.1, -0.05) is 49.2 Å². The SMILES string of the molecule is CC(C)c1ccc(OCc2ccc(/C=C/C(=O)c3ccc(Cl)cc3Cl)o2)cc1. The van der Waals surface area contributed by atoms with Crippen molar-refractivity contribution in [3.63, 3.8) is 0 Å². The minimum Gasteiger partial charge on any atom is -0.486 e. The predicted molar refractivity (Wildman–Crippen MR) is 113 cm³/mol. The molecule has 28 heavy (non-hydrogen) atoms. The molecule has 1 aromatic heterocycles. The summed E-state index contributed by atoms with van der Waals surface area (Å²) in [5.41, 5.74) is 1.66. The van der Waals surface area contributed by atoms with E-state index in [4.69, 9.17) is 32.4 Å². The van der Waals surface area contributed by atoms with Gasteiger partial charge >= 0.3 is 0 Å². The summed E-state index contributed by atoms with van der Waals surface area (Å²) in [4.78, 5) is 12.3. The molecule has 0 aliphatic heterocycles. The molecule has 144 valence electrons. The van der Waals surface area contributed by atoms with Gasteiger partial charge in [-0.15, -0.1) is 0 Å². The molecule has 2 aromatic carbocycles. The van der Waals surface area contributed by atoms with E-state index in [-0.39, 0.29) is 5.78 Å². The minimum atomic E-state index is -0.221. The van der Waals surface area contributed by atoms with E-state index in [0.29, 0.717) is 39.7 Å². The van der Waals surface area contributed by atoms with E-state index in [1.54, 1.807) is 30.3 Å². The third kappa shape index (κ3) is 5.28. The lowest BCUT2D eigenvalue weighted by atomic mass is 10.0. The second-order valence-electron chi connectivity index (χ2n) is 6.64. The van der Waals surface area contributed by atoms with E-state index in [0.717, 1.165) is 5.75 Å².